The standard InChI is InChI=1S/C19H20ClF3N2/c1-12(14-3-2-4-15(11-14)19(21,22)23)25-18-16-8-10-24-9-7-13(16)5-6-17(18)20/h2-6,11-12,24-25H,7-10H2,1H3. The fourth-order valence-corrected chi connectivity index (χ4v) is 3.42. The van der Waals surface area contributed by atoms with Crippen LogP contribution in [0, 0.1) is 0 Å². The summed E-state index contributed by atoms with van der Waals surface area (Å²) in [6, 6.07) is 9.01. The van der Waals surface area contributed by atoms with E-state index in [1.54, 1.807) is 6.07 Å². The van der Waals surface area contributed by atoms with E-state index >= 15 is 0 Å². The van der Waals surface area contributed by atoms with Crippen molar-refractivity contribution in [1.82, 2.24) is 5.32 Å². The molecule has 1 aliphatic rings. The summed E-state index contributed by atoms with van der Waals surface area (Å²) in [6.07, 6.45) is -2.59. The Bertz CT molecular complexity index is 759. The van der Waals surface area contributed by atoms with E-state index in [-0.39, 0.29) is 6.04 Å². The third-order valence-electron chi connectivity index (χ3n) is 4.56. The number of anilines is 1. The van der Waals surface area contributed by atoms with Gasteiger partial charge < -0.3 is 10.6 Å². The van der Waals surface area contributed by atoms with Crippen LogP contribution < -0.4 is 10.6 Å². The molecule has 0 saturated carbocycles. The van der Waals surface area contributed by atoms with Crippen molar-refractivity contribution < 1.29 is 13.2 Å². The highest BCUT2D eigenvalue weighted by Gasteiger charge is 2.30. The van der Waals surface area contributed by atoms with E-state index in [2.05, 4.69) is 10.6 Å². The minimum absolute atomic E-state index is 0.289. The van der Waals surface area contributed by atoms with Crippen LogP contribution in [0.5, 0.6) is 0 Å². The van der Waals surface area contributed by atoms with E-state index in [1.807, 2.05) is 19.1 Å². The summed E-state index contributed by atoms with van der Waals surface area (Å²) in [6.45, 7) is 3.62. The van der Waals surface area contributed by atoms with Crippen LogP contribution in [0.25, 0.3) is 0 Å². The first-order chi connectivity index (χ1) is 11.9. The number of rotatable bonds is 3. The Morgan fingerprint density at radius 1 is 1.12 bits per heavy atom. The van der Waals surface area contributed by atoms with E-state index in [0.29, 0.717) is 10.6 Å². The molecule has 3 rings (SSSR count). The van der Waals surface area contributed by atoms with Gasteiger partial charge in [0.15, 0.2) is 0 Å². The molecule has 0 aliphatic carbocycles. The largest absolute Gasteiger partial charge is 0.416 e. The summed E-state index contributed by atoms with van der Waals surface area (Å²) < 4.78 is 38.8. The van der Waals surface area contributed by atoms with Gasteiger partial charge in [0.05, 0.1) is 16.3 Å². The maximum atomic E-state index is 12.9. The summed E-state index contributed by atoms with van der Waals surface area (Å²) in [5, 5.41) is 7.28. The van der Waals surface area contributed by atoms with Crippen molar-refractivity contribution in [1.29, 1.82) is 0 Å². The normalized spacial score (nSPS) is 16.0. The molecular formula is C19H20ClF3N2. The zero-order valence-electron chi connectivity index (χ0n) is 13.9. The first-order valence-electron chi connectivity index (χ1n) is 8.31. The highest BCUT2D eigenvalue weighted by molar-refractivity contribution is 6.33. The Morgan fingerprint density at radius 2 is 1.88 bits per heavy atom. The van der Waals surface area contributed by atoms with Crippen molar-refractivity contribution in [3.05, 3.63) is 63.7 Å². The molecule has 0 spiro atoms. The number of alkyl halides is 3. The van der Waals surface area contributed by atoms with Crippen molar-refractivity contribution in [2.45, 2.75) is 32.0 Å². The van der Waals surface area contributed by atoms with E-state index in [9.17, 15) is 13.2 Å². The van der Waals surface area contributed by atoms with Crippen LogP contribution in [0.4, 0.5) is 18.9 Å². The number of hydrogen-bond donors (Lipinski definition) is 2. The van der Waals surface area contributed by atoms with Gasteiger partial charge in [-0.2, -0.15) is 13.2 Å². The van der Waals surface area contributed by atoms with Crippen LogP contribution in [-0.4, -0.2) is 13.1 Å². The zero-order valence-corrected chi connectivity index (χ0v) is 14.6. The van der Waals surface area contributed by atoms with Gasteiger partial charge in [0.1, 0.15) is 0 Å². The maximum Gasteiger partial charge on any atom is 0.416 e. The third-order valence-corrected chi connectivity index (χ3v) is 4.87. The van der Waals surface area contributed by atoms with Gasteiger partial charge in [0, 0.05) is 6.04 Å². The van der Waals surface area contributed by atoms with Crippen molar-refractivity contribution in [2.75, 3.05) is 18.4 Å². The molecule has 0 aromatic heterocycles. The molecule has 6 heteroatoms. The average Bonchev–Trinajstić information content (AvgIpc) is 2.82. The van der Waals surface area contributed by atoms with E-state index < -0.39 is 11.7 Å². The van der Waals surface area contributed by atoms with Crippen LogP contribution in [0.2, 0.25) is 5.02 Å². The van der Waals surface area contributed by atoms with Gasteiger partial charge in [-0.25, -0.2) is 0 Å². The number of nitrogens with one attached hydrogen (secondary N) is 2. The van der Waals surface area contributed by atoms with Crippen molar-refractivity contribution in [3.8, 4) is 0 Å². The van der Waals surface area contributed by atoms with E-state index in [4.69, 9.17) is 11.6 Å². The molecule has 0 amide bonds. The summed E-state index contributed by atoms with van der Waals surface area (Å²) >= 11 is 6.39. The summed E-state index contributed by atoms with van der Waals surface area (Å²) in [7, 11) is 0. The molecule has 1 unspecified atom stereocenters. The molecule has 0 bridgehead atoms. The van der Waals surface area contributed by atoms with E-state index in [0.717, 1.165) is 43.2 Å². The number of hydrogen-bond acceptors (Lipinski definition) is 2. The van der Waals surface area contributed by atoms with Gasteiger partial charge in [-0.15, -0.1) is 0 Å². The highest BCUT2D eigenvalue weighted by atomic mass is 35.5. The molecular weight excluding hydrogens is 349 g/mol. The van der Waals surface area contributed by atoms with Crippen molar-refractivity contribution in [2.24, 2.45) is 0 Å². The van der Waals surface area contributed by atoms with Crippen molar-refractivity contribution in [3.63, 3.8) is 0 Å². The fourth-order valence-electron chi connectivity index (χ4n) is 3.18. The predicted octanol–water partition coefficient (Wildman–Crippen LogP) is 5.22. The summed E-state index contributed by atoms with van der Waals surface area (Å²) in [5.41, 5.74) is 3.15. The van der Waals surface area contributed by atoms with Gasteiger partial charge in [-0.05, 0) is 67.7 Å². The third kappa shape index (κ3) is 4.10. The summed E-state index contributed by atoms with van der Waals surface area (Å²) in [5.74, 6) is 0. The Hall–Kier alpha value is -1.72. The van der Waals surface area contributed by atoms with Gasteiger partial charge in [0.2, 0.25) is 0 Å². The van der Waals surface area contributed by atoms with Crippen LogP contribution in [0.15, 0.2) is 36.4 Å². The molecule has 0 saturated heterocycles. The average molecular weight is 369 g/mol. The Morgan fingerprint density at radius 3 is 2.64 bits per heavy atom. The zero-order chi connectivity index (χ0) is 18.0. The second-order valence-corrected chi connectivity index (χ2v) is 6.71. The molecule has 2 N–H and O–H groups in total. The minimum atomic E-state index is -4.34. The second kappa shape index (κ2) is 7.26. The lowest BCUT2D eigenvalue weighted by Crippen LogP contribution is -2.16. The second-order valence-electron chi connectivity index (χ2n) is 6.30. The van der Waals surface area contributed by atoms with Crippen LogP contribution in [-0.2, 0) is 19.0 Å². The maximum absolute atomic E-state index is 12.9. The molecule has 25 heavy (non-hydrogen) atoms. The molecule has 2 aromatic carbocycles. The Labute approximate surface area is 150 Å². The molecule has 134 valence electrons. The molecule has 1 aliphatic heterocycles. The van der Waals surface area contributed by atoms with Gasteiger partial charge >= 0.3 is 6.18 Å². The molecule has 2 nitrogen and oxygen atoms in total. The van der Waals surface area contributed by atoms with Crippen LogP contribution >= 0.6 is 11.6 Å². The lowest BCUT2D eigenvalue weighted by molar-refractivity contribution is -0.137. The lowest BCUT2D eigenvalue weighted by atomic mass is 9.99. The SMILES string of the molecule is CC(Nc1c(Cl)ccc2c1CCNCC2)c1cccc(C(F)(F)F)c1. The molecule has 0 fully saturated rings. The topological polar surface area (TPSA) is 24.1 Å². The van der Waals surface area contributed by atoms with E-state index in [1.165, 1.54) is 17.7 Å². The quantitative estimate of drug-likeness (QED) is 0.776. The lowest BCUT2D eigenvalue weighted by Gasteiger charge is -2.22. The van der Waals surface area contributed by atoms with Crippen LogP contribution in [0.1, 0.15) is 35.2 Å². The molecule has 1 heterocycles. The number of fused-ring (bicyclic) bond motifs is 1. The molecule has 0 radical (unpaired) electrons. The molecule has 1 atom stereocenters. The Balaban J connectivity index is 1.90. The van der Waals surface area contributed by atoms with Gasteiger partial charge in [0.25, 0.3) is 0 Å². The van der Waals surface area contributed by atoms with Gasteiger partial charge in [-0.3, -0.25) is 0 Å². The van der Waals surface area contributed by atoms with Crippen molar-refractivity contribution >= 4 is 17.3 Å². The monoisotopic (exact) mass is 368 g/mol. The predicted molar refractivity (Wildman–Crippen MR) is 95.2 cm³/mol. The summed E-state index contributed by atoms with van der Waals surface area (Å²) in [4.78, 5) is 0. The number of halogens is 4. The highest BCUT2D eigenvalue weighted by Crippen LogP contribution is 2.35. The van der Waals surface area contributed by atoms with Gasteiger partial charge in [-0.1, -0.05) is 29.8 Å². The van der Waals surface area contributed by atoms with Crippen LogP contribution in [0.3, 0.4) is 0 Å². The molecule has 2 aromatic rings. The fraction of sp³-hybridized carbons (Fsp3) is 0.368. The smallest absolute Gasteiger partial charge is 0.377 e. The number of benzene rings is 2. The first-order valence-corrected chi connectivity index (χ1v) is 8.68. The first kappa shape index (κ1) is 18.1. The Kier molecular flexibility index (Phi) is 5.25. The minimum Gasteiger partial charge on any atom is -0.377 e.